The molecule has 27 heavy (non-hydrogen) atoms. The maximum atomic E-state index is 12.0. The van der Waals surface area contributed by atoms with Crippen LogP contribution < -0.4 is 0 Å². The van der Waals surface area contributed by atoms with Crippen LogP contribution in [-0.2, 0) is 9.53 Å². The zero-order valence-corrected chi connectivity index (χ0v) is 16.1. The number of hydrogen-bond acceptors (Lipinski definition) is 5. The zero-order valence-electron chi connectivity index (χ0n) is 16.1. The van der Waals surface area contributed by atoms with E-state index >= 15 is 0 Å². The van der Waals surface area contributed by atoms with E-state index in [9.17, 15) is 15.0 Å². The van der Waals surface area contributed by atoms with Crippen LogP contribution in [0.25, 0.3) is 0 Å². The normalized spacial score (nSPS) is 68.7. The van der Waals surface area contributed by atoms with E-state index in [0.717, 1.165) is 24.8 Å². The fraction of sp³-hybridized carbons (Fsp3) is 0.864. The van der Waals surface area contributed by atoms with Crippen LogP contribution in [0.4, 0.5) is 0 Å². The van der Waals surface area contributed by atoms with Gasteiger partial charge in [0.25, 0.3) is 0 Å². The molecule has 6 aliphatic carbocycles. The monoisotopic (exact) mass is 371 g/mol. The van der Waals surface area contributed by atoms with E-state index < -0.39 is 6.10 Å². The molecule has 0 aromatic carbocycles. The number of hydrogen-bond donors (Lipinski definition) is 2. The third-order valence-electron chi connectivity index (χ3n) is 10.8. The van der Waals surface area contributed by atoms with Gasteiger partial charge in [0.2, 0.25) is 0 Å². The van der Waals surface area contributed by atoms with Crippen molar-refractivity contribution in [3.8, 4) is 0 Å². The fourth-order valence-corrected chi connectivity index (χ4v) is 10.8. The number of aliphatic hydroxyl groups is 2. The molecule has 0 aromatic rings. The van der Waals surface area contributed by atoms with E-state index in [0.29, 0.717) is 17.9 Å². The van der Waals surface area contributed by atoms with Crippen LogP contribution in [0.15, 0.2) is 12.2 Å². The molecule has 9 bridgehead atoms. The Bertz CT molecular complexity index is 812. The van der Waals surface area contributed by atoms with Crippen molar-refractivity contribution in [2.45, 2.75) is 76.5 Å². The molecule has 6 saturated carbocycles. The molecule has 9 unspecified atom stereocenters. The van der Waals surface area contributed by atoms with Crippen LogP contribution in [0.3, 0.4) is 0 Å². The molecule has 5 nitrogen and oxygen atoms in total. The van der Waals surface area contributed by atoms with Crippen LogP contribution >= 0.6 is 0 Å². The number of aliphatic hydroxyl groups excluding tert-OH is 2. The number of rotatable bonds is 1. The predicted molar refractivity (Wildman–Crippen MR) is 96.1 cm³/mol. The Hall–Kier alpha value is -0.910. The third-order valence-corrected chi connectivity index (χ3v) is 10.8. The molecule has 5 heteroatoms. The Morgan fingerprint density at radius 1 is 1.30 bits per heavy atom. The summed E-state index contributed by atoms with van der Waals surface area (Å²) in [4.78, 5) is 14.4. The van der Waals surface area contributed by atoms with Crippen molar-refractivity contribution in [1.82, 2.24) is 4.90 Å². The lowest BCUT2D eigenvalue weighted by Crippen LogP contribution is -2.68. The summed E-state index contributed by atoms with van der Waals surface area (Å²) in [5, 5.41) is 22.8. The summed E-state index contributed by atoms with van der Waals surface area (Å²) >= 11 is 0. The zero-order chi connectivity index (χ0) is 18.7. The number of carbonyl (C=O) groups excluding carboxylic acids is 1. The highest BCUT2D eigenvalue weighted by Crippen LogP contribution is 2.87. The Morgan fingerprint density at radius 2 is 2.07 bits per heavy atom. The summed E-state index contributed by atoms with van der Waals surface area (Å²) in [6.07, 6.45) is 4.37. The average molecular weight is 371 g/mol. The molecular weight excluding hydrogens is 342 g/mol. The smallest absolute Gasteiger partial charge is 0.302 e. The SMILES string of the molecule is C=C1C2CC3C45CCC[C@]6(C)C4C4CC3(C(C5N4[C@H]6O)[C@H]2OC(C)=O)[C@@H]1O. The fourth-order valence-electron chi connectivity index (χ4n) is 10.8. The molecule has 9 fully saturated rings. The van der Waals surface area contributed by atoms with E-state index in [1.807, 2.05) is 0 Å². The molecule has 2 N–H and O–H groups in total. The summed E-state index contributed by atoms with van der Waals surface area (Å²) < 4.78 is 5.96. The van der Waals surface area contributed by atoms with Gasteiger partial charge >= 0.3 is 5.97 Å². The highest BCUT2D eigenvalue weighted by Gasteiger charge is 2.91. The molecule has 0 aromatic heterocycles. The number of nitrogens with zero attached hydrogens (tertiary/aromatic N) is 1. The molecule has 3 saturated heterocycles. The quantitative estimate of drug-likeness (QED) is 0.542. The predicted octanol–water partition coefficient (Wildman–Crippen LogP) is 1.68. The molecule has 3 aliphatic heterocycles. The van der Waals surface area contributed by atoms with Gasteiger partial charge in [-0.25, -0.2) is 0 Å². The Kier molecular flexibility index (Phi) is 2.46. The van der Waals surface area contributed by atoms with Crippen molar-refractivity contribution in [3.63, 3.8) is 0 Å². The van der Waals surface area contributed by atoms with Crippen LogP contribution in [-0.4, -0.2) is 51.6 Å². The maximum absolute atomic E-state index is 12.0. The lowest BCUT2D eigenvalue weighted by Gasteiger charge is -2.65. The minimum Gasteiger partial charge on any atom is -0.462 e. The van der Waals surface area contributed by atoms with E-state index in [4.69, 9.17) is 4.74 Å². The second-order valence-electron chi connectivity index (χ2n) is 11.1. The van der Waals surface area contributed by atoms with Crippen molar-refractivity contribution >= 4 is 5.97 Å². The van der Waals surface area contributed by atoms with Crippen molar-refractivity contribution in [2.24, 2.45) is 39.9 Å². The summed E-state index contributed by atoms with van der Waals surface area (Å²) in [6, 6.07) is 0.629. The Balaban J connectivity index is 1.49. The molecule has 146 valence electrons. The molecule has 13 atom stereocenters. The van der Waals surface area contributed by atoms with Gasteiger partial charge < -0.3 is 14.9 Å². The highest BCUT2D eigenvalue weighted by molar-refractivity contribution is 5.66. The number of esters is 1. The van der Waals surface area contributed by atoms with E-state index in [-0.39, 0.29) is 52.4 Å². The first-order valence-corrected chi connectivity index (χ1v) is 10.8. The standard InChI is InChI=1S/C22H29NO4/c1-9-11-7-13-21-6-4-5-20(3)16(21)12-8-22(13,18(9)25)14(15(11)27-10(2)24)17(21)23(12)19(20)26/h11-19,25-26H,1,4-8H2,2-3H3/t11?,12?,13?,14?,15-,16?,17?,18+,19-,20+,21?,22?/m0/s1. The minimum atomic E-state index is -0.478. The Morgan fingerprint density at radius 3 is 2.81 bits per heavy atom. The first kappa shape index (κ1) is 15.9. The Labute approximate surface area is 159 Å². The number of piperidine rings is 2. The molecule has 0 radical (unpaired) electrons. The van der Waals surface area contributed by atoms with Gasteiger partial charge in [0.1, 0.15) is 12.3 Å². The van der Waals surface area contributed by atoms with Crippen LogP contribution in [0.1, 0.15) is 46.0 Å². The van der Waals surface area contributed by atoms with Gasteiger partial charge in [-0.3, -0.25) is 9.69 Å². The second kappa shape index (κ2) is 4.17. The van der Waals surface area contributed by atoms with Gasteiger partial charge in [-0.2, -0.15) is 0 Å². The minimum absolute atomic E-state index is 0.0172. The molecule has 2 spiro atoms. The van der Waals surface area contributed by atoms with Crippen molar-refractivity contribution in [2.75, 3.05) is 0 Å². The second-order valence-corrected chi connectivity index (χ2v) is 11.1. The van der Waals surface area contributed by atoms with Gasteiger partial charge in [-0.05, 0) is 48.5 Å². The molecule has 3 heterocycles. The van der Waals surface area contributed by atoms with Gasteiger partial charge in [-0.15, -0.1) is 0 Å². The third kappa shape index (κ3) is 1.23. The first-order chi connectivity index (χ1) is 12.8. The van der Waals surface area contributed by atoms with Crippen molar-refractivity contribution in [3.05, 3.63) is 12.2 Å². The molecule has 0 amide bonds. The summed E-state index contributed by atoms with van der Waals surface area (Å²) in [6.45, 7) is 8.08. The molecule has 9 rings (SSSR count). The maximum Gasteiger partial charge on any atom is 0.302 e. The lowest BCUT2D eigenvalue weighted by atomic mass is 9.40. The van der Waals surface area contributed by atoms with E-state index in [2.05, 4.69) is 18.4 Å². The summed E-state index contributed by atoms with van der Waals surface area (Å²) in [7, 11) is 0. The van der Waals surface area contributed by atoms with Crippen LogP contribution in [0.2, 0.25) is 0 Å². The van der Waals surface area contributed by atoms with Gasteiger partial charge in [0.15, 0.2) is 0 Å². The molecular formula is C22H29NO4. The van der Waals surface area contributed by atoms with Gasteiger partial charge in [0, 0.05) is 41.7 Å². The van der Waals surface area contributed by atoms with Gasteiger partial charge in [-0.1, -0.05) is 19.9 Å². The number of ether oxygens (including phenoxy) is 1. The van der Waals surface area contributed by atoms with Crippen molar-refractivity contribution < 1.29 is 19.7 Å². The van der Waals surface area contributed by atoms with Crippen LogP contribution in [0, 0.1) is 39.9 Å². The number of fused-ring (bicyclic) bond motifs is 1. The summed E-state index contributed by atoms with van der Waals surface area (Å²) in [5.41, 5.74) is 0.871. The first-order valence-electron chi connectivity index (χ1n) is 10.8. The molecule has 9 aliphatic rings. The van der Waals surface area contributed by atoms with Crippen LogP contribution in [0.5, 0.6) is 0 Å². The highest BCUT2D eigenvalue weighted by atomic mass is 16.5. The van der Waals surface area contributed by atoms with Crippen molar-refractivity contribution in [1.29, 1.82) is 0 Å². The van der Waals surface area contributed by atoms with E-state index in [1.165, 1.54) is 19.8 Å². The summed E-state index contributed by atoms with van der Waals surface area (Å²) in [5.74, 6) is 0.993. The number of carbonyl (C=O) groups is 1. The largest absolute Gasteiger partial charge is 0.462 e. The average Bonchev–Trinajstić information content (AvgIpc) is 3.00. The lowest BCUT2D eigenvalue weighted by molar-refractivity contribution is -0.215. The van der Waals surface area contributed by atoms with E-state index in [1.54, 1.807) is 0 Å². The topological polar surface area (TPSA) is 70.0 Å². The van der Waals surface area contributed by atoms with Gasteiger partial charge in [0.05, 0.1) is 6.10 Å².